The second-order valence-corrected chi connectivity index (χ2v) is 8.87. The van der Waals surface area contributed by atoms with Gasteiger partial charge in [0.2, 0.25) is 0 Å². The molecule has 25 heavy (non-hydrogen) atoms. The van der Waals surface area contributed by atoms with Crippen molar-refractivity contribution >= 4 is 23.2 Å². The maximum atomic E-state index is 14.5. The van der Waals surface area contributed by atoms with Crippen LogP contribution in [0.1, 0.15) is 19.4 Å². The Hall–Kier alpha value is -2.44. The van der Waals surface area contributed by atoms with Crippen molar-refractivity contribution in [1.29, 1.82) is 0 Å². The summed E-state index contributed by atoms with van der Waals surface area (Å²) in [5, 5.41) is 1.62. The van der Waals surface area contributed by atoms with Gasteiger partial charge in [-0.05, 0) is 13.8 Å². The molecule has 0 unspecified atom stereocenters. The Balaban J connectivity index is 2.32. The van der Waals surface area contributed by atoms with Gasteiger partial charge in [-0.15, -0.1) is 0 Å². The smallest absolute Gasteiger partial charge is 0.188 e. The molecule has 0 heterocycles. The minimum absolute atomic E-state index is 0.0518. The molecule has 2 nitrogen and oxygen atoms in total. The van der Waals surface area contributed by atoms with E-state index in [1.807, 2.05) is 105 Å². The average Bonchev–Trinajstić information content (AvgIpc) is 2.67. The van der Waals surface area contributed by atoms with E-state index in [1.54, 1.807) is 0 Å². The normalized spacial score (nSPS) is 12.4. The minimum atomic E-state index is -3.06. The van der Waals surface area contributed by atoms with Crippen LogP contribution in [-0.4, -0.2) is 11.5 Å². The molecule has 3 rings (SSSR count). The van der Waals surface area contributed by atoms with E-state index in [4.69, 9.17) is 4.99 Å². The molecule has 0 fully saturated rings. The predicted octanol–water partition coefficient (Wildman–Crippen LogP) is 4.86. The molecule has 0 saturated heterocycles. The largest absolute Gasteiger partial charge is 0.307 e. The zero-order valence-corrected chi connectivity index (χ0v) is 15.4. The summed E-state index contributed by atoms with van der Waals surface area (Å²) < 4.78 is 14.5. The lowest BCUT2D eigenvalue weighted by atomic mass is 10.2. The van der Waals surface area contributed by atoms with E-state index in [1.165, 1.54) is 0 Å². The number of hydrogen-bond donors (Lipinski definition) is 0. The fourth-order valence-corrected chi connectivity index (χ4v) is 5.72. The molecule has 0 spiro atoms. The third kappa shape index (κ3) is 3.65. The first-order chi connectivity index (χ1) is 12.1. The van der Waals surface area contributed by atoms with Crippen LogP contribution in [0.5, 0.6) is 0 Å². The summed E-state index contributed by atoms with van der Waals surface area (Å²) >= 11 is 0. The van der Waals surface area contributed by atoms with Crippen molar-refractivity contribution < 1.29 is 4.57 Å². The van der Waals surface area contributed by atoms with Gasteiger partial charge in [0, 0.05) is 22.2 Å². The molecular formula is C22H22NOP. The molecular weight excluding hydrogens is 325 g/mol. The Morgan fingerprint density at radius 2 is 1.12 bits per heavy atom. The molecule has 0 aromatic heterocycles. The number of rotatable bonds is 5. The van der Waals surface area contributed by atoms with Crippen molar-refractivity contribution in [2.75, 3.05) is 0 Å². The van der Waals surface area contributed by atoms with Gasteiger partial charge >= 0.3 is 0 Å². The number of aliphatic imine (C=N–C) groups is 1. The Kier molecular flexibility index (Phi) is 5.31. The maximum absolute atomic E-state index is 14.5. The molecule has 3 heteroatoms. The van der Waals surface area contributed by atoms with Gasteiger partial charge in [-0.2, -0.15) is 0 Å². The molecule has 0 aliphatic heterocycles. The molecule has 0 saturated carbocycles. The van der Waals surface area contributed by atoms with Crippen LogP contribution in [0.2, 0.25) is 0 Å². The van der Waals surface area contributed by atoms with Crippen LogP contribution in [0.25, 0.3) is 0 Å². The molecule has 0 aliphatic rings. The highest BCUT2D eigenvalue weighted by Crippen LogP contribution is 2.47. The minimum Gasteiger partial charge on any atom is -0.307 e. The zero-order chi connectivity index (χ0) is 17.7. The van der Waals surface area contributed by atoms with Crippen LogP contribution < -0.4 is 10.6 Å². The average molecular weight is 347 g/mol. The predicted molar refractivity (Wildman–Crippen MR) is 108 cm³/mol. The standard InChI is InChI=1S/C22H22NOP/c1-18(2)23-22(19-12-6-3-7-13-19)25(24,20-14-8-4-9-15-20)21-16-10-5-11-17-21/h3-18H,1-2H3. The Morgan fingerprint density at radius 3 is 1.52 bits per heavy atom. The summed E-state index contributed by atoms with van der Waals surface area (Å²) in [7, 11) is -3.06. The van der Waals surface area contributed by atoms with Crippen LogP contribution in [-0.2, 0) is 4.57 Å². The molecule has 0 atom stereocenters. The van der Waals surface area contributed by atoms with Crippen molar-refractivity contribution in [2.24, 2.45) is 4.99 Å². The van der Waals surface area contributed by atoms with E-state index >= 15 is 0 Å². The Labute approximate surface area is 149 Å². The van der Waals surface area contributed by atoms with Gasteiger partial charge in [0.1, 0.15) is 5.45 Å². The molecule has 0 radical (unpaired) electrons. The fourth-order valence-electron chi connectivity index (χ4n) is 2.84. The van der Waals surface area contributed by atoms with Crippen molar-refractivity contribution in [3.05, 3.63) is 96.6 Å². The van der Waals surface area contributed by atoms with Crippen molar-refractivity contribution in [3.63, 3.8) is 0 Å². The molecule has 3 aromatic carbocycles. The lowest BCUT2D eigenvalue weighted by Gasteiger charge is -2.22. The number of hydrogen-bond acceptors (Lipinski definition) is 2. The van der Waals surface area contributed by atoms with E-state index in [0.29, 0.717) is 5.45 Å². The highest BCUT2D eigenvalue weighted by Gasteiger charge is 2.34. The highest BCUT2D eigenvalue weighted by atomic mass is 31.2. The first kappa shape index (κ1) is 17.4. The zero-order valence-electron chi connectivity index (χ0n) is 14.5. The molecule has 0 aliphatic carbocycles. The summed E-state index contributed by atoms with van der Waals surface area (Å²) in [6.07, 6.45) is 0. The van der Waals surface area contributed by atoms with Crippen LogP contribution in [0, 0.1) is 0 Å². The van der Waals surface area contributed by atoms with Gasteiger partial charge in [-0.25, -0.2) is 0 Å². The Morgan fingerprint density at radius 1 is 0.720 bits per heavy atom. The van der Waals surface area contributed by atoms with Gasteiger partial charge in [0.25, 0.3) is 0 Å². The van der Waals surface area contributed by atoms with Gasteiger partial charge < -0.3 is 4.57 Å². The van der Waals surface area contributed by atoms with Crippen molar-refractivity contribution in [3.8, 4) is 0 Å². The summed E-state index contributed by atoms with van der Waals surface area (Å²) in [5.41, 5.74) is 1.58. The molecule has 0 amide bonds. The van der Waals surface area contributed by atoms with E-state index in [0.717, 1.165) is 16.2 Å². The molecule has 126 valence electrons. The van der Waals surface area contributed by atoms with Crippen LogP contribution in [0.3, 0.4) is 0 Å². The molecule has 0 N–H and O–H groups in total. The summed E-state index contributed by atoms with van der Waals surface area (Å²) in [6.45, 7) is 4.03. The van der Waals surface area contributed by atoms with Gasteiger partial charge in [0.15, 0.2) is 7.14 Å². The van der Waals surface area contributed by atoms with Crippen molar-refractivity contribution in [1.82, 2.24) is 0 Å². The first-order valence-corrected chi connectivity index (χ1v) is 10.2. The van der Waals surface area contributed by atoms with E-state index in [9.17, 15) is 4.57 Å². The second kappa shape index (κ2) is 7.63. The van der Waals surface area contributed by atoms with E-state index in [-0.39, 0.29) is 6.04 Å². The van der Waals surface area contributed by atoms with Gasteiger partial charge in [-0.1, -0.05) is 91.0 Å². The summed E-state index contributed by atoms with van der Waals surface area (Å²) in [5.74, 6) is 0. The maximum Gasteiger partial charge on any atom is 0.188 e. The third-order valence-corrected chi connectivity index (χ3v) is 6.97. The summed E-state index contributed by atoms with van der Waals surface area (Å²) in [6, 6.07) is 29.3. The Bertz CT molecular complexity index is 844. The number of nitrogens with zero attached hydrogens (tertiary/aromatic N) is 1. The molecule has 0 bridgehead atoms. The van der Waals surface area contributed by atoms with E-state index < -0.39 is 7.14 Å². The monoisotopic (exact) mass is 347 g/mol. The first-order valence-electron chi connectivity index (χ1n) is 8.47. The van der Waals surface area contributed by atoms with Crippen LogP contribution in [0.4, 0.5) is 0 Å². The SMILES string of the molecule is CC(C)N=C(c1ccccc1)P(=O)(c1ccccc1)c1ccccc1. The summed E-state index contributed by atoms with van der Waals surface area (Å²) in [4.78, 5) is 4.83. The van der Waals surface area contributed by atoms with Gasteiger partial charge in [-0.3, -0.25) is 4.99 Å². The van der Waals surface area contributed by atoms with Crippen molar-refractivity contribution in [2.45, 2.75) is 19.9 Å². The second-order valence-electron chi connectivity index (χ2n) is 6.19. The van der Waals surface area contributed by atoms with Crippen LogP contribution >= 0.6 is 7.14 Å². The topological polar surface area (TPSA) is 29.4 Å². The third-order valence-electron chi connectivity index (χ3n) is 3.95. The quantitative estimate of drug-likeness (QED) is 0.479. The lowest BCUT2D eigenvalue weighted by molar-refractivity contribution is 0.593. The van der Waals surface area contributed by atoms with Crippen LogP contribution in [0.15, 0.2) is 96.0 Å². The number of benzene rings is 3. The highest BCUT2D eigenvalue weighted by molar-refractivity contribution is 7.93. The molecule has 3 aromatic rings. The van der Waals surface area contributed by atoms with Gasteiger partial charge in [0.05, 0.1) is 0 Å². The van der Waals surface area contributed by atoms with E-state index in [2.05, 4.69) is 0 Å². The fraction of sp³-hybridized carbons (Fsp3) is 0.136. The lowest BCUT2D eigenvalue weighted by Crippen LogP contribution is -2.24.